The second-order valence-corrected chi connectivity index (χ2v) is 27.9. The maximum Gasteiger partial charge on any atom is 0.472 e. The van der Waals surface area contributed by atoms with Crippen LogP contribution in [0.15, 0.2) is 24.3 Å². The van der Waals surface area contributed by atoms with Gasteiger partial charge in [-0.3, -0.25) is 37.3 Å². The largest absolute Gasteiger partial charge is 0.472 e. The van der Waals surface area contributed by atoms with Crippen molar-refractivity contribution in [1.82, 2.24) is 0 Å². The van der Waals surface area contributed by atoms with Gasteiger partial charge in [-0.25, -0.2) is 9.13 Å². The summed E-state index contributed by atoms with van der Waals surface area (Å²) in [6.07, 6.45) is 42.8. The van der Waals surface area contributed by atoms with Gasteiger partial charge in [-0.15, -0.1) is 0 Å². The molecule has 0 spiro atoms. The standard InChI is InChI=1S/C67H126O17P2/c1-8-9-10-11-12-13-14-15-16-17-18-21-27-36-43-50-66(71)83-63(55-78-65(70)49-42-35-30-29-33-40-47-60(6)7)57-82-86(75,76)80-53-61(68)52-79-85(73,74)81-56-62(84-67(72)51-44-37-28-23-25-32-39-46-59(4)5)54-77-64(69)48-41-34-26-22-19-20-24-31-38-45-58(2)3/h13-16,58-63,68H,8-12,17-57H2,1-7H3,(H,73,74)(H,75,76)/b14-13-,16-15-/t61-,62-,63-/m1/s1. The number of allylic oxidation sites excluding steroid dienone is 4. The zero-order valence-electron chi connectivity index (χ0n) is 55.3. The molecule has 0 heterocycles. The van der Waals surface area contributed by atoms with E-state index in [4.69, 9.17) is 37.0 Å². The summed E-state index contributed by atoms with van der Waals surface area (Å²) in [5.74, 6) is -0.0541. The fraction of sp³-hybridized carbons (Fsp3) is 0.881. The van der Waals surface area contributed by atoms with E-state index in [1.165, 1.54) is 96.3 Å². The molecule has 0 radical (unpaired) electrons. The Bertz CT molecular complexity index is 1790. The number of ether oxygens (including phenoxy) is 4. The number of carbonyl (C=O) groups is 4. The molecule has 0 aromatic heterocycles. The van der Waals surface area contributed by atoms with E-state index >= 15 is 0 Å². The van der Waals surface area contributed by atoms with Crippen molar-refractivity contribution in [2.75, 3.05) is 39.6 Å². The van der Waals surface area contributed by atoms with Crippen LogP contribution in [-0.4, -0.2) is 96.7 Å². The quantitative estimate of drug-likeness (QED) is 0.0169. The number of aliphatic hydroxyl groups is 1. The molecule has 0 fully saturated rings. The zero-order chi connectivity index (χ0) is 63.8. The van der Waals surface area contributed by atoms with Crippen molar-refractivity contribution in [3.8, 4) is 0 Å². The maximum atomic E-state index is 13.0. The molecule has 17 nitrogen and oxygen atoms in total. The first kappa shape index (κ1) is 83.5. The Morgan fingerprint density at radius 1 is 0.360 bits per heavy atom. The SMILES string of the molecule is CCCCCC/C=C\C=C/CCCCCCCC(=O)O[C@H](COC(=O)CCCCCCCCC(C)C)COP(=O)(O)OC[C@H](O)COP(=O)(O)OC[C@@H](COC(=O)CCCCCCCCCCCC(C)C)OC(=O)CCCCCCCCCC(C)C. The predicted octanol–water partition coefficient (Wildman–Crippen LogP) is 18.2. The van der Waals surface area contributed by atoms with Crippen molar-refractivity contribution < 1.29 is 80.2 Å². The van der Waals surface area contributed by atoms with Crippen molar-refractivity contribution in [3.05, 3.63) is 24.3 Å². The van der Waals surface area contributed by atoms with Gasteiger partial charge in [0.05, 0.1) is 26.4 Å². The number of carbonyl (C=O) groups excluding carboxylic acids is 4. The Balaban J connectivity index is 5.27. The Morgan fingerprint density at radius 2 is 0.628 bits per heavy atom. The van der Waals surface area contributed by atoms with E-state index in [2.05, 4.69) is 72.8 Å². The van der Waals surface area contributed by atoms with Gasteiger partial charge in [0.15, 0.2) is 12.2 Å². The first-order valence-electron chi connectivity index (χ1n) is 34.2. The number of aliphatic hydroxyl groups excluding tert-OH is 1. The van der Waals surface area contributed by atoms with Crippen LogP contribution in [0.3, 0.4) is 0 Å². The zero-order valence-corrected chi connectivity index (χ0v) is 57.0. The molecule has 3 N–H and O–H groups in total. The third kappa shape index (κ3) is 60.5. The first-order valence-corrected chi connectivity index (χ1v) is 37.2. The number of esters is 4. The number of phosphoric ester groups is 2. The van der Waals surface area contributed by atoms with Crippen LogP contribution in [0.25, 0.3) is 0 Å². The van der Waals surface area contributed by atoms with E-state index < -0.39 is 97.5 Å². The van der Waals surface area contributed by atoms with Crippen LogP contribution in [0, 0.1) is 17.8 Å². The molecule has 506 valence electrons. The Kier molecular flexibility index (Phi) is 56.0. The van der Waals surface area contributed by atoms with Crippen molar-refractivity contribution in [1.29, 1.82) is 0 Å². The van der Waals surface area contributed by atoms with Gasteiger partial charge in [-0.05, 0) is 69.1 Å². The molecule has 5 atom stereocenters. The smallest absolute Gasteiger partial charge is 0.462 e. The topological polar surface area (TPSA) is 237 Å². The first-order chi connectivity index (χ1) is 41.2. The summed E-state index contributed by atoms with van der Waals surface area (Å²) in [5.41, 5.74) is 0. The Hall–Kier alpha value is -2.46. The molecule has 0 aliphatic heterocycles. The molecule has 0 aliphatic carbocycles. The molecule has 0 aromatic rings. The average Bonchev–Trinajstić information content (AvgIpc) is 3.58. The Labute approximate surface area is 522 Å². The van der Waals surface area contributed by atoms with E-state index in [9.17, 15) is 43.2 Å². The number of hydrogen-bond acceptors (Lipinski definition) is 15. The van der Waals surface area contributed by atoms with Gasteiger partial charge in [0, 0.05) is 25.7 Å². The minimum Gasteiger partial charge on any atom is -0.462 e. The molecule has 0 aromatic carbocycles. The third-order valence-corrected chi connectivity index (χ3v) is 16.7. The van der Waals surface area contributed by atoms with Crippen LogP contribution in [0.4, 0.5) is 0 Å². The van der Waals surface area contributed by atoms with Crippen molar-refractivity contribution in [3.63, 3.8) is 0 Å². The van der Waals surface area contributed by atoms with Crippen LogP contribution in [0.2, 0.25) is 0 Å². The average molecular weight is 1270 g/mol. The second kappa shape index (κ2) is 57.7. The fourth-order valence-electron chi connectivity index (χ4n) is 9.47. The second-order valence-electron chi connectivity index (χ2n) is 25.0. The lowest BCUT2D eigenvalue weighted by molar-refractivity contribution is -0.161. The van der Waals surface area contributed by atoms with Gasteiger partial charge in [0.2, 0.25) is 0 Å². The summed E-state index contributed by atoms with van der Waals surface area (Å²) >= 11 is 0. The molecular formula is C67H126O17P2. The van der Waals surface area contributed by atoms with Gasteiger partial charge >= 0.3 is 39.5 Å². The molecule has 0 saturated heterocycles. The van der Waals surface area contributed by atoms with Crippen LogP contribution >= 0.6 is 15.6 Å². The molecule has 0 bridgehead atoms. The van der Waals surface area contributed by atoms with Crippen molar-refractivity contribution in [2.45, 2.75) is 324 Å². The summed E-state index contributed by atoms with van der Waals surface area (Å²) in [6, 6.07) is 0. The monoisotopic (exact) mass is 1260 g/mol. The normalized spacial score (nSPS) is 14.5. The number of phosphoric acid groups is 2. The Morgan fingerprint density at radius 3 is 0.942 bits per heavy atom. The third-order valence-electron chi connectivity index (χ3n) is 14.8. The predicted molar refractivity (Wildman–Crippen MR) is 344 cm³/mol. The van der Waals surface area contributed by atoms with Crippen LogP contribution in [-0.2, 0) is 65.4 Å². The number of hydrogen-bond donors (Lipinski definition) is 3. The lowest BCUT2D eigenvalue weighted by Crippen LogP contribution is -2.30. The molecular weight excluding hydrogens is 1140 g/mol. The molecule has 2 unspecified atom stereocenters. The summed E-state index contributed by atoms with van der Waals surface area (Å²) in [7, 11) is -9.91. The van der Waals surface area contributed by atoms with Crippen LogP contribution in [0.1, 0.15) is 305 Å². The fourth-order valence-corrected chi connectivity index (χ4v) is 11.0. The summed E-state index contributed by atoms with van der Waals surface area (Å²) in [6.45, 7) is 11.6. The highest BCUT2D eigenvalue weighted by atomic mass is 31.2. The molecule has 0 amide bonds. The number of unbranched alkanes of at least 4 members (excludes halogenated alkanes) is 28. The van der Waals surface area contributed by atoms with Gasteiger partial charge in [0.1, 0.15) is 19.3 Å². The number of rotatable bonds is 63. The maximum absolute atomic E-state index is 13.0. The minimum atomic E-state index is -4.96. The van der Waals surface area contributed by atoms with Crippen LogP contribution < -0.4 is 0 Å². The van der Waals surface area contributed by atoms with Gasteiger partial charge in [-0.1, -0.05) is 253 Å². The highest BCUT2D eigenvalue weighted by molar-refractivity contribution is 7.47. The molecule has 0 aliphatic rings. The minimum absolute atomic E-state index is 0.0833. The highest BCUT2D eigenvalue weighted by Gasteiger charge is 2.30. The van der Waals surface area contributed by atoms with Gasteiger partial charge in [-0.2, -0.15) is 0 Å². The molecule has 19 heteroatoms. The lowest BCUT2D eigenvalue weighted by atomic mass is 10.0. The molecule has 0 saturated carbocycles. The van der Waals surface area contributed by atoms with Crippen molar-refractivity contribution in [2.24, 2.45) is 17.8 Å². The van der Waals surface area contributed by atoms with Crippen LogP contribution in [0.5, 0.6) is 0 Å². The molecule has 0 rings (SSSR count). The van der Waals surface area contributed by atoms with Gasteiger partial charge < -0.3 is 33.8 Å². The highest BCUT2D eigenvalue weighted by Crippen LogP contribution is 2.45. The van der Waals surface area contributed by atoms with E-state index in [-0.39, 0.29) is 25.7 Å². The lowest BCUT2D eigenvalue weighted by Gasteiger charge is -2.21. The van der Waals surface area contributed by atoms with E-state index in [0.29, 0.717) is 37.5 Å². The van der Waals surface area contributed by atoms with E-state index in [0.717, 1.165) is 115 Å². The summed E-state index contributed by atoms with van der Waals surface area (Å²) < 4.78 is 68.0. The summed E-state index contributed by atoms with van der Waals surface area (Å²) in [4.78, 5) is 72.3. The van der Waals surface area contributed by atoms with E-state index in [1.54, 1.807) is 0 Å². The summed E-state index contributed by atoms with van der Waals surface area (Å²) in [5, 5.41) is 10.5. The van der Waals surface area contributed by atoms with Gasteiger partial charge in [0.25, 0.3) is 0 Å². The van der Waals surface area contributed by atoms with Crippen molar-refractivity contribution >= 4 is 39.5 Å². The van der Waals surface area contributed by atoms with E-state index in [1.807, 2.05) is 0 Å². The molecule has 86 heavy (non-hydrogen) atoms.